The molecule has 1 rings (SSSR count). The van der Waals surface area contributed by atoms with Gasteiger partial charge in [0.05, 0.1) is 17.9 Å². The Balaban J connectivity index is 3.37. The van der Waals surface area contributed by atoms with Gasteiger partial charge in [0.15, 0.2) is 5.71 Å². The van der Waals surface area contributed by atoms with E-state index in [9.17, 15) is 18.0 Å². The first-order valence-corrected chi connectivity index (χ1v) is 5.22. The third kappa shape index (κ3) is 3.41. The van der Waals surface area contributed by atoms with Crippen LogP contribution in [0.15, 0.2) is 11.4 Å². The van der Waals surface area contributed by atoms with E-state index >= 15 is 0 Å². The minimum Gasteiger partial charge on any atom is -0.398 e. The van der Waals surface area contributed by atoms with Gasteiger partial charge in [-0.05, 0) is 0 Å². The molecule has 0 aliphatic heterocycles. The number of oxime groups is 1. The SMILES string of the molecule is CNC(=O)/C(=N/OC)c1cnc(C(F)(F)F)nc1CO. The summed E-state index contributed by atoms with van der Waals surface area (Å²) >= 11 is 0. The molecule has 0 aliphatic carbocycles. The van der Waals surface area contributed by atoms with E-state index in [1.807, 2.05) is 0 Å². The molecule has 0 atom stereocenters. The summed E-state index contributed by atoms with van der Waals surface area (Å²) in [5.74, 6) is -2.14. The Kier molecular flexibility index (Phi) is 4.97. The van der Waals surface area contributed by atoms with Gasteiger partial charge in [0, 0.05) is 13.2 Å². The zero-order chi connectivity index (χ0) is 15.3. The highest BCUT2D eigenvalue weighted by atomic mass is 19.4. The summed E-state index contributed by atoms with van der Waals surface area (Å²) in [4.78, 5) is 22.3. The monoisotopic (exact) mass is 292 g/mol. The minimum atomic E-state index is -4.76. The molecule has 0 bridgehead atoms. The molecular formula is C10H11F3N4O3. The average Bonchev–Trinajstić information content (AvgIpc) is 2.42. The maximum Gasteiger partial charge on any atom is 0.451 e. The van der Waals surface area contributed by atoms with Gasteiger partial charge in [0.1, 0.15) is 7.11 Å². The number of halogens is 3. The molecule has 0 saturated carbocycles. The number of hydrogen-bond acceptors (Lipinski definition) is 6. The topological polar surface area (TPSA) is 96.7 Å². The van der Waals surface area contributed by atoms with Crippen molar-refractivity contribution in [2.24, 2.45) is 5.16 Å². The van der Waals surface area contributed by atoms with E-state index in [1.165, 1.54) is 7.05 Å². The predicted molar refractivity (Wildman–Crippen MR) is 60.6 cm³/mol. The van der Waals surface area contributed by atoms with Crippen LogP contribution >= 0.6 is 0 Å². The van der Waals surface area contributed by atoms with Gasteiger partial charge in [0.25, 0.3) is 5.91 Å². The first-order chi connectivity index (χ1) is 9.35. The zero-order valence-corrected chi connectivity index (χ0v) is 10.5. The predicted octanol–water partition coefficient (Wildman–Crippen LogP) is 0.0842. The van der Waals surface area contributed by atoms with Crippen LogP contribution in [0.4, 0.5) is 13.2 Å². The number of carbonyl (C=O) groups is 1. The van der Waals surface area contributed by atoms with Crippen molar-refractivity contribution in [2.45, 2.75) is 12.8 Å². The number of nitrogens with one attached hydrogen (secondary N) is 1. The number of nitrogens with zero attached hydrogens (tertiary/aromatic N) is 3. The van der Waals surface area contributed by atoms with Gasteiger partial charge >= 0.3 is 6.18 Å². The van der Waals surface area contributed by atoms with Crippen LogP contribution in [0.5, 0.6) is 0 Å². The summed E-state index contributed by atoms with van der Waals surface area (Å²) in [6.45, 7) is -0.819. The fourth-order valence-corrected chi connectivity index (χ4v) is 1.29. The van der Waals surface area contributed by atoms with E-state index in [0.717, 1.165) is 13.3 Å². The van der Waals surface area contributed by atoms with Crippen LogP contribution in [-0.4, -0.2) is 40.9 Å². The van der Waals surface area contributed by atoms with E-state index in [1.54, 1.807) is 0 Å². The van der Waals surface area contributed by atoms with Gasteiger partial charge < -0.3 is 15.3 Å². The molecule has 0 unspecified atom stereocenters. The minimum absolute atomic E-state index is 0.151. The van der Waals surface area contributed by atoms with Gasteiger partial charge in [-0.15, -0.1) is 0 Å². The van der Waals surface area contributed by atoms with Crippen molar-refractivity contribution in [3.63, 3.8) is 0 Å². The van der Waals surface area contributed by atoms with E-state index < -0.39 is 24.5 Å². The van der Waals surface area contributed by atoms with Crippen molar-refractivity contribution >= 4 is 11.6 Å². The molecule has 1 amide bonds. The number of hydrogen-bond donors (Lipinski definition) is 2. The van der Waals surface area contributed by atoms with Crippen LogP contribution in [0.2, 0.25) is 0 Å². The quantitative estimate of drug-likeness (QED) is 0.605. The molecule has 20 heavy (non-hydrogen) atoms. The van der Waals surface area contributed by atoms with Gasteiger partial charge in [0.2, 0.25) is 5.82 Å². The molecule has 0 aromatic carbocycles. The number of likely N-dealkylation sites (N-methyl/N-ethyl adjacent to an activating group) is 1. The Morgan fingerprint density at radius 1 is 1.55 bits per heavy atom. The molecule has 0 fully saturated rings. The van der Waals surface area contributed by atoms with Crippen molar-refractivity contribution in [2.75, 3.05) is 14.2 Å². The second-order valence-corrected chi connectivity index (χ2v) is 3.41. The Morgan fingerprint density at radius 2 is 2.20 bits per heavy atom. The molecule has 0 spiro atoms. The third-order valence-corrected chi connectivity index (χ3v) is 2.15. The summed E-state index contributed by atoms with van der Waals surface area (Å²) in [5.41, 5.74) is -0.874. The Hall–Kier alpha value is -2.23. The summed E-state index contributed by atoms with van der Waals surface area (Å²) in [7, 11) is 2.46. The third-order valence-electron chi connectivity index (χ3n) is 2.15. The lowest BCUT2D eigenvalue weighted by atomic mass is 10.1. The molecule has 7 nitrogen and oxygen atoms in total. The van der Waals surface area contributed by atoms with Crippen LogP contribution in [0.3, 0.4) is 0 Å². The number of aliphatic hydroxyl groups is 1. The average molecular weight is 292 g/mol. The highest BCUT2D eigenvalue weighted by Gasteiger charge is 2.35. The van der Waals surface area contributed by atoms with E-state index in [2.05, 4.69) is 25.3 Å². The Morgan fingerprint density at radius 3 is 2.65 bits per heavy atom. The van der Waals surface area contributed by atoms with Crippen molar-refractivity contribution < 1.29 is 27.9 Å². The summed E-state index contributed by atoms with van der Waals surface area (Å²) in [6.07, 6.45) is -4.00. The van der Waals surface area contributed by atoms with Crippen molar-refractivity contribution in [1.29, 1.82) is 0 Å². The standard InChI is InChI=1S/C10H11F3N4O3/c1-14-8(19)7(17-20-2)5-3-15-9(10(11,12)13)16-6(5)4-18/h3,18H,4H2,1-2H3,(H,14,19)/b17-7+. The molecule has 0 saturated heterocycles. The number of carbonyl (C=O) groups excluding carboxylic acids is 1. The fraction of sp³-hybridized carbons (Fsp3) is 0.400. The number of aromatic nitrogens is 2. The van der Waals surface area contributed by atoms with Gasteiger partial charge in [-0.3, -0.25) is 4.79 Å². The maximum atomic E-state index is 12.5. The summed E-state index contributed by atoms with van der Waals surface area (Å²) in [6, 6.07) is 0. The molecule has 1 aromatic rings. The maximum absolute atomic E-state index is 12.5. The second kappa shape index (κ2) is 6.28. The molecule has 10 heteroatoms. The van der Waals surface area contributed by atoms with E-state index in [-0.39, 0.29) is 17.0 Å². The lowest BCUT2D eigenvalue weighted by molar-refractivity contribution is -0.145. The number of aliphatic hydroxyl groups excluding tert-OH is 1. The molecule has 0 aliphatic rings. The molecular weight excluding hydrogens is 281 g/mol. The fourth-order valence-electron chi connectivity index (χ4n) is 1.29. The highest BCUT2D eigenvalue weighted by molar-refractivity contribution is 6.45. The van der Waals surface area contributed by atoms with Crippen LogP contribution in [0.25, 0.3) is 0 Å². The molecule has 110 valence electrons. The van der Waals surface area contributed by atoms with Gasteiger partial charge in [-0.25, -0.2) is 9.97 Å². The van der Waals surface area contributed by atoms with Crippen molar-refractivity contribution in [3.8, 4) is 0 Å². The normalized spacial score (nSPS) is 12.2. The number of amides is 1. The van der Waals surface area contributed by atoms with Gasteiger partial charge in [-0.1, -0.05) is 5.16 Å². The van der Waals surface area contributed by atoms with Crippen LogP contribution in [-0.2, 0) is 22.4 Å². The lowest BCUT2D eigenvalue weighted by Gasteiger charge is -2.10. The lowest BCUT2D eigenvalue weighted by Crippen LogP contribution is -2.30. The Labute approximate surface area is 111 Å². The Bertz CT molecular complexity index is 531. The number of alkyl halides is 3. The van der Waals surface area contributed by atoms with Gasteiger partial charge in [-0.2, -0.15) is 13.2 Å². The summed E-state index contributed by atoms with van der Waals surface area (Å²) < 4.78 is 37.4. The first-order valence-electron chi connectivity index (χ1n) is 5.22. The second-order valence-electron chi connectivity index (χ2n) is 3.41. The molecule has 1 aromatic heterocycles. The highest BCUT2D eigenvalue weighted by Crippen LogP contribution is 2.26. The smallest absolute Gasteiger partial charge is 0.398 e. The molecule has 1 heterocycles. The van der Waals surface area contributed by atoms with E-state index in [4.69, 9.17) is 5.11 Å². The van der Waals surface area contributed by atoms with Crippen LogP contribution < -0.4 is 5.32 Å². The van der Waals surface area contributed by atoms with Crippen LogP contribution in [0, 0.1) is 0 Å². The summed E-state index contributed by atoms with van der Waals surface area (Å²) in [5, 5.41) is 14.7. The van der Waals surface area contributed by atoms with Crippen molar-refractivity contribution in [1.82, 2.24) is 15.3 Å². The van der Waals surface area contributed by atoms with E-state index in [0.29, 0.717) is 0 Å². The zero-order valence-electron chi connectivity index (χ0n) is 10.5. The van der Waals surface area contributed by atoms with Crippen molar-refractivity contribution in [3.05, 3.63) is 23.3 Å². The number of rotatable bonds is 4. The molecule has 2 N–H and O–H groups in total. The van der Waals surface area contributed by atoms with Crippen LogP contribution in [0.1, 0.15) is 17.1 Å². The first kappa shape index (κ1) is 15.8. The largest absolute Gasteiger partial charge is 0.451 e. The molecule has 0 radical (unpaired) electrons.